The van der Waals surface area contributed by atoms with Crippen LogP contribution < -0.4 is 5.73 Å². The summed E-state index contributed by atoms with van der Waals surface area (Å²) in [6.07, 6.45) is 4.30. The second-order valence-corrected chi connectivity index (χ2v) is 6.45. The molecular formula is C20H16N4S. The number of hydrogen-bond acceptors (Lipinski definition) is 5. The van der Waals surface area contributed by atoms with Gasteiger partial charge in [-0.2, -0.15) is 11.3 Å². The van der Waals surface area contributed by atoms with E-state index in [9.17, 15) is 0 Å². The van der Waals surface area contributed by atoms with Crippen molar-refractivity contribution in [2.75, 3.05) is 5.73 Å². The summed E-state index contributed by atoms with van der Waals surface area (Å²) in [7, 11) is 0. The molecule has 3 heterocycles. The van der Waals surface area contributed by atoms with Crippen LogP contribution in [0.4, 0.5) is 5.95 Å². The molecule has 0 radical (unpaired) electrons. The lowest BCUT2D eigenvalue weighted by molar-refractivity contribution is 1.09. The average Bonchev–Trinajstić information content (AvgIpc) is 3.19. The molecule has 0 spiro atoms. The molecule has 122 valence electrons. The van der Waals surface area contributed by atoms with Crippen LogP contribution in [0.5, 0.6) is 0 Å². The van der Waals surface area contributed by atoms with Crippen LogP contribution in [0.1, 0.15) is 11.1 Å². The first-order chi connectivity index (χ1) is 12.3. The monoisotopic (exact) mass is 344 g/mol. The second kappa shape index (κ2) is 6.83. The van der Waals surface area contributed by atoms with Gasteiger partial charge in [-0.25, -0.2) is 9.97 Å². The summed E-state index contributed by atoms with van der Waals surface area (Å²) in [5, 5.41) is 4.13. The molecule has 0 amide bonds. The van der Waals surface area contributed by atoms with Gasteiger partial charge in [0.05, 0.1) is 11.4 Å². The molecule has 25 heavy (non-hydrogen) atoms. The number of rotatable bonds is 4. The van der Waals surface area contributed by atoms with E-state index in [4.69, 9.17) is 5.73 Å². The first-order valence-corrected chi connectivity index (χ1v) is 8.89. The molecule has 4 rings (SSSR count). The summed E-state index contributed by atoms with van der Waals surface area (Å²) in [5.41, 5.74) is 12.0. The Morgan fingerprint density at radius 3 is 2.36 bits per heavy atom. The molecule has 0 unspecified atom stereocenters. The Labute approximate surface area is 150 Å². The van der Waals surface area contributed by atoms with Crippen LogP contribution in [-0.4, -0.2) is 15.0 Å². The lowest BCUT2D eigenvalue weighted by Gasteiger charge is -2.14. The highest BCUT2D eigenvalue weighted by molar-refractivity contribution is 7.08. The first-order valence-electron chi connectivity index (χ1n) is 7.94. The molecule has 0 bridgehead atoms. The zero-order valence-electron chi connectivity index (χ0n) is 13.5. The van der Waals surface area contributed by atoms with Crippen LogP contribution in [0.15, 0.2) is 71.7 Å². The quantitative estimate of drug-likeness (QED) is 0.594. The van der Waals surface area contributed by atoms with Crippen molar-refractivity contribution in [3.05, 3.63) is 82.8 Å². The fraction of sp³-hybridized carbons (Fsp3) is 0.0500. The van der Waals surface area contributed by atoms with Crippen molar-refractivity contribution in [3.63, 3.8) is 0 Å². The molecule has 5 heteroatoms. The maximum atomic E-state index is 6.03. The molecule has 0 fully saturated rings. The standard InChI is InChI=1S/C20H16N4S/c21-20-23-18(15-7-4-9-22-12-15)17(11-14-5-2-1-3-6-14)19(24-20)16-8-10-25-13-16/h1-10,12-13H,11H2,(H2,21,23,24). The van der Waals surface area contributed by atoms with E-state index < -0.39 is 0 Å². The van der Waals surface area contributed by atoms with Gasteiger partial charge in [0.1, 0.15) is 0 Å². The normalized spacial score (nSPS) is 10.7. The molecule has 4 aromatic rings. The van der Waals surface area contributed by atoms with Crippen molar-refractivity contribution in [2.45, 2.75) is 6.42 Å². The number of benzene rings is 1. The highest BCUT2D eigenvalue weighted by atomic mass is 32.1. The lowest BCUT2D eigenvalue weighted by atomic mass is 9.96. The molecule has 0 saturated carbocycles. The summed E-state index contributed by atoms with van der Waals surface area (Å²) in [6.45, 7) is 0. The molecular weight excluding hydrogens is 328 g/mol. The number of hydrogen-bond donors (Lipinski definition) is 1. The highest BCUT2D eigenvalue weighted by Crippen LogP contribution is 2.33. The fourth-order valence-corrected chi connectivity index (χ4v) is 3.49. The summed E-state index contributed by atoms with van der Waals surface area (Å²) >= 11 is 1.64. The number of nitrogen functional groups attached to an aromatic ring is 1. The number of nitrogens with two attached hydrogens (primary N) is 1. The molecule has 0 atom stereocenters. The molecule has 3 aromatic heterocycles. The Balaban J connectivity index is 1.94. The zero-order valence-corrected chi connectivity index (χ0v) is 14.3. The number of nitrogens with zero attached hydrogens (tertiary/aromatic N) is 3. The largest absolute Gasteiger partial charge is 0.368 e. The van der Waals surface area contributed by atoms with Crippen LogP contribution in [0.3, 0.4) is 0 Å². The van der Waals surface area contributed by atoms with Gasteiger partial charge in [0.25, 0.3) is 0 Å². The average molecular weight is 344 g/mol. The van der Waals surface area contributed by atoms with E-state index in [2.05, 4.69) is 38.5 Å². The molecule has 2 N–H and O–H groups in total. The highest BCUT2D eigenvalue weighted by Gasteiger charge is 2.17. The van der Waals surface area contributed by atoms with E-state index in [-0.39, 0.29) is 5.95 Å². The molecule has 4 nitrogen and oxygen atoms in total. The third-order valence-electron chi connectivity index (χ3n) is 3.98. The number of thiophene rings is 1. The minimum absolute atomic E-state index is 0.275. The Bertz CT molecular complexity index is 968. The van der Waals surface area contributed by atoms with E-state index in [0.717, 1.165) is 34.5 Å². The van der Waals surface area contributed by atoms with Crippen LogP contribution in [0.25, 0.3) is 22.5 Å². The van der Waals surface area contributed by atoms with Gasteiger partial charge >= 0.3 is 0 Å². The van der Waals surface area contributed by atoms with Crippen molar-refractivity contribution in [2.24, 2.45) is 0 Å². The predicted molar refractivity (Wildman–Crippen MR) is 102 cm³/mol. The third kappa shape index (κ3) is 3.27. The molecule has 0 saturated heterocycles. The Kier molecular flexibility index (Phi) is 4.23. The van der Waals surface area contributed by atoms with Gasteiger partial charge in [0.15, 0.2) is 0 Å². The van der Waals surface area contributed by atoms with Crippen molar-refractivity contribution in [3.8, 4) is 22.5 Å². The predicted octanol–water partition coefficient (Wildman–Crippen LogP) is 4.44. The van der Waals surface area contributed by atoms with Crippen molar-refractivity contribution < 1.29 is 0 Å². The molecule has 0 aliphatic carbocycles. The minimum atomic E-state index is 0.275. The van der Waals surface area contributed by atoms with Crippen LogP contribution >= 0.6 is 11.3 Å². The summed E-state index contributed by atoms with van der Waals surface area (Å²) < 4.78 is 0. The fourth-order valence-electron chi connectivity index (χ4n) is 2.85. The van der Waals surface area contributed by atoms with Gasteiger partial charge in [-0.15, -0.1) is 0 Å². The smallest absolute Gasteiger partial charge is 0.221 e. The first kappa shape index (κ1) is 15.5. The summed E-state index contributed by atoms with van der Waals surface area (Å²) in [4.78, 5) is 13.3. The van der Waals surface area contributed by atoms with Crippen LogP contribution in [0, 0.1) is 0 Å². The Hall–Kier alpha value is -3.05. The van der Waals surface area contributed by atoms with Gasteiger partial charge in [-0.3, -0.25) is 4.98 Å². The zero-order chi connectivity index (χ0) is 17.1. The molecule has 1 aromatic carbocycles. The molecule has 0 aliphatic rings. The van der Waals surface area contributed by atoms with Gasteiger partial charge in [-0.05, 0) is 29.1 Å². The maximum Gasteiger partial charge on any atom is 0.221 e. The SMILES string of the molecule is Nc1nc(-c2cccnc2)c(Cc2ccccc2)c(-c2ccsc2)n1. The van der Waals surface area contributed by atoms with E-state index >= 15 is 0 Å². The van der Waals surface area contributed by atoms with Crippen LogP contribution in [-0.2, 0) is 6.42 Å². The number of aromatic nitrogens is 3. The van der Waals surface area contributed by atoms with Gasteiger partial charge < -0.3 is 5.73 Å². The lowest BCUT2D eigenvalue weighted by Crippen LogP contribution is -2.05. The third-order valence-corrected chi connectivity index (χ3v) is 4.66. The van der Waals surface area contributed by atoms with Crippen molar-refractivity contribution in [1.82, 2.24) is 15.0 Å². The summed E-state index contributed by atoms with van der Waals surface area (Å²) in [5.74, 6) is 0.275. The van der Waals surface area contributed by atoms with E-state index in [1.54, 1.807) is 17.5 Å². The van der Waals surface area contributed by atoms with Gasteiger partial charge in [-0.1, -0.05) is 30.3 Å². The van der Waals surface area contributed by atoms with E-state index in [1.807, 2.05) is 41.9 Å². The summed E-state index contributed by atoms with van der Waals surface area (Å²) in [6, 6.07) is 16.3. The topological polar surface area (TPSA) is 64.7 Å². The Morgan fingerprint density at radius 2 is 1.68 bits per heavy atom. The molecule has 0 aliphatic heterocycles. The second-order valence-electron chi connectivity index (χ2n) is 5.67. The Morgan fingerprint density at radius 1 is 0.880 bits per heavy atom. The van der Waals surface area contributed by atoms with Gasteiger partial charge in [0.2, 0.25) is 5.95 Å². The van der Waals surface area contributed by atoms with Crippen LogP contribution in [0.2, 0.25) is 0 Å². The minimum Gasteiger partial charge on any atom is -0.368 e. The van der Waals surface area contributed by atoms with Crippen molar-refractivity contribution in [1.29, 1.82) is 0 Å². The van der Waals surface area contributed by atoms with Gasteiger partial charge in [0, 0.05) is 40.9 Å². The maximum absolute atomic E-state index is 6.03. The number of anilines is 1. The van der Waals surface area contributed by atoms with E-state index in [1.165, 1.54) is 5.56 Å². The van der Waals surface area contributed by atoms with Crippen molar-refractivity contribution >= 4 is 17.3 Å². The number of pyridine rings is 1. The van der Waals surface area contributed by atoms with E-state index in [0.29, 0.717) is 0 Å².